The van der Waals surface area contributed by atoms with Gasteiger partial charge in [-0.25, -0.2) is 9.37 Å². The molecule has 0 aliphatic carbocycles. The Kier molecular flexibility index (Phi) is 4.05. The predicted octanol–water partition coefficient (Wildman–Crippen LogP) is 4.91. The molecule has 126 valence electrons. The van der Waals surface area contributed by atoms with Crippen molar-refractivity contribution in [2.75, 3.05) is 12.4 Å². The summed E-state index contributed by atoms with van der Waals surface area (Å²) < 4.78 is 14.8. The number of hydrogen-bond acceptors (Lipinski definition) is 4. The fraction of sp³-hybridized carbons (Fsp3) is 0.111. The highest BCUT2D eigenvalue weighted by atomic mass is 79.9. The first-order valence-corrected chi connectivity index (χ1v) is 9.19. The van der Waals surface area contributed by atoms with Crippen molar-refractivity contribution in [2.45, 2.75) is 6.17 Å². The predicted molar refractivity (Wildman–Crippen MR) is 100 cm³/mol. The van der Waals surface area contributed by atoms with Crippen molar-refractivity contribution in [2.24, 2.45) is 0 Å². The fourth-order valence-electron chi connectivity index (χ4n) is 2.80. The molecule has 0 spiro atoms. The van der Waals surface area contributed by atoms with Gasteiger partial charge < -0.3 is 10.2 Å². The van der Waals surface area contributed by atoms with E-state index in [1.165, 1.54) is 17.4 Å². The van der Waals surface area contributed by atoms with Crippen LogP contribution in [0.25, 0.3) is 10.6 Å². The van der Waals surface area contributed by atoms with Crippen LogP contribution in [0.4, 0.5) is 10.1 Å². The molecule has 1 N–H and O–H groups in total. The van der Waals surface area contributed by atoms with Crippen molar-refractivity contribution in [3.8, 4) is 10.6 Å². The Balaban J connectivity index is 1.70. The molecule has 0 saturated carbocycles. The van der Waals surface area contributed by atoms with Crippen LogP contribution in [0.1, 0.15) is 21.4 Å². The molecule has 0 bridgehead atoms. The quantitative estimate of drug-likeness (QED) is 0.644. The molecule has 25 heavy (non-hydrogen) atoms. The van der Waals surface area contributed by atoms with Crippen molar-refractivity contribution >= 4 is 38.9 Å². The second kappa shape index (κ2) is 6.24. The number of nitrogens with zero attached hydrogens (tertiary/aromatic N) is 2. The summed E-state index contributed by atoms with van der Waals surface area (Å²) in [6.07, 6.45) is 1.36. The number of benzene rings is 2. The van der Waals surface area contributed by atoms with Gasteiger partial charge in [-0.15, -0.1) is 11.3 Å². The molecule has 1 atom stereocenters. The molecule has 1 unspecified atom stereocenters. The van der Waals surface area contributed by atoms with E-state index in [-0.39, 0.29) is 17.9 Å². The lowest BCUT2D eigenvalue weighted by Gasteiger charge is -2.34. The smallest absolute Gasteiger partial charge is 0.257 e. The van der Waals surface area contributed by atoms with E-state index in [0.29, 0.717) is 16.1 Å². The third kappa shape index (κ3) is 2.83. The summed E-state index contributed by atoms with van der Waals surface area (Å²) in [4.78, 5) is 19.5. The zero-order valence-corrected chi connectivity index (χ0v) is 15.6. The van der Waals surface area contributed by atoms with Gasteiger partial charge in [0.05, 0.1) is 10.4 Å². The SMILES string of the molecule is CN1C(=O)c2cc(Br)ccc2NC1c1cnc(-c2ccccc2F)s1. The molecular formula is C18H13BrFN3OS. The second-order valence-corrected chi connectivity index (χ2v) is 7.68. The number of nitrogens with one attached hydrogen (secondary N) is 1. The lowest BCUT2D eigenvalue weighted by Crippen LogP contribution is -2.39. The summed E-state index contributed by atoms with van der Waals surface area (Å²) in [5, 5.41) is 3.96. The van der Waals surface area contributed by atoms with E-state index in [2.05, 4.69) is 26.2 Å². The number of rotatable bonds is 2. The Hall–Kier alpha value is -2.25. The van der Waals surface area contributed by atoms with Crippen LogP contribution < -0.4 is 5.32 Å². The highest BCUT2D eigenvalue weighted by Crippen LogP contribution is 2.37. The number of carbonyl (C=O) groups is 1. The molecule has 1 aromatic heterocycles. The molecule has 1 aliphatic heterocycles. The molecule has 0 saturated heterocycles. The van der Waals surface area contributed by atoms with E-state index >= 15 is 0 Å². The minimum absolute atomic E-state index is 0.0686. The molecule has 0 radical (unpaired) electrons. The van der Waals surface area contributed by atoms with E-state index in [1.807, 2.05) is 12.1 Å². The number of anilines is 1. The third-order valence-electron chi connectivity index (χ3n) is 4.11. The topological polar surface area (TPSA) is 45.2 Å². The average molecular weight is 418 g/mol. The summed E-state index contributed by atoms with van der Waals surface area (Å²) in [5.41, 5.74) is 1.86. The van der Waals surface area contributed by atoms with Crippen LogP contribution in [-0.2, 0) is 0 Å². The number of thiazole rings is 1. The van der Waals surface area contributed by atoms with Crippen molar-refractivity contribution in [1.29, 1.82) is 0 Å². The van der Waals surface area contributed by atoms with Gasteiger partial charge in [0.2, 0.25) is 0 Å². The number of fused-ring (bicyclic) bond motifs is 1. The van der Waals surface area contributed by atoms with Gasteiger partial charge in [-0.2, -0.15) is 0 Å². The van der Waals surface area contributed by atoms with Crippen molar-refractivity contribution in [3.05, 3.63) is 69.4 Å². The average Bonchev–Trinajstić information content (AvgIpc) is 3.08. The maximum Gasteiger partial charge on any atom is 0.257 e. The summed E-state index contributed by atoms with van der Waals surface area (Å²) in [6, 6.07) is 12.1. The van der Waals surface area contributed by atoms with Crippen LogP contribution in [0.5, 0.6) is 0 Å². The first kappa shape index (κ1) is 16.2. The molecular weight excluding hydrogens is 405 g/mol. The van der Waals surface area contributed by atoms with Crippen molar-refractivity contribution in [3.63, 3.8) is 0 Å². The Morgan fingerprint density at radius 1 is 1.24 bits per heavy atom. The van der Waals surface area contributed by atoms with Crippen LogP contribution in [0.3, 0.4) is 0 Å². The third-order valence-corrected chi connectivity index (χ3v) is 5.69. The molecule has 2 heterocycles. The van der Waals surface area contributed by atoms with Crippen LogP contribution in [-0.4, -0.2) is 22.8 Å². The lowest BCUT2D eigenvalue weighted by atomic mass is 10.1. The number of carbonyl (C=O) groups excluding carboxylic acids is 1. The standard InChI is InChI=1S/C18H13BrFN3OS/c1-23-16(22-14-7-6-10(19)8-12(14)18(23)24)15-9-21-17(25-15)11-4-2-3-5-13(11)20/h2-9,16,22H,1H3. The molecule has 4 rings (SSSR count). The van der Waals surface area contributed by atoms with Crippen molar-refractivity contribution < 1.29 is 9.18 Å². The molecule has 0 fully saturated rings. The fourth-order valence-corrected chi connectivity index (χ4v) is 4.20. The summed E-state index contributed by atoms with van der Waals surface area (Å²) in [5.74, 6) is -0.375. The van der Waals surface area contributed by atoms with Crippen LogP contribution in [0.2, 0.25) is 0 Å². The monoisotopic (exact) mass is 417 g/mol. The maximum absolute atomic E-state index is 14.0. The summed E-state index contributed by atoms with van der Waals surface area (Å²) >= 11 is 4.77. The van der Waals surface area contributed by atoms with E-state index in [1.54, 1.807) is 42.4 Å². The largest absolute Gasteiger partial charge is 0.360 e. The molecule has 2 aromatic carbocycles. The number of aromatic nitrogens is 1. The Labute approximate surface area is 156 Å². The highest BCUT2D eigenvalue weighted by Gasteiger charge is 2.31. The Bertz CT molecular complexity index is 974. The van der Waals surface area contributed by atoms with Gasteiger partial charge in [-0.3, -0.25) is 4.79 Å². The van der Waals surface area contributed by atoms with Gasteiger partial charge in [0, 0.05) is 29.0 Å². The molecule has 7 heteroatoms. The van der Waals surface area contributed by atoms with Gasteiger partial charge in [0.15, 0.2) is 0 Å². The molecule has 1 amide bonds. The van der Waals surface area contributed by atoms with Gasteiger partial charge in [0.1, 0.15) is 17.0 Å². The van der Waals surface area contributed by atoms with E-state index in [9.17, 15) is 9.18 Å². The maximum atomic E-state index is 14.0. The normalized spacial score (nSPS) is 16.5. The van der Waals surface area contributed by atoms with Gasteiger partial charge in [0.25, 0.3) is 5.91 Å². The number of amides is 1. The number of halogens is 2. The van der Waals surface area contributed by atoms with E-state index in [0.717, 1.165) is 15.0 Å². The minimum Gasteiger partial charge on any atom is -0.360 e. The minimum atomic E-state index is -0.334. The highest BCUT2D eigenvalue weighted by molar-refractivity contribution is 9.10. The van der Waals surface area contributed by atoms with Crippen molar-refractivity contribution in [1.82, 2.24) is 9.88 Å². The van der Waals surface area contributed by atoms with Crippen LogP contribution >= 0.6 is 27.3 Å². The van der Waals surface area contributed by atoms with E-state index in [4.69, 9.17) is 0 Å². The first-order valence-electron chi connectivity index (χ1n) is 7.58. The number of hydrogen-bond donors (Lipinski definition) is 1. The van der Waals surface area contributed by atoms with Gasteiger partial charge in [-0.1, -0.05) is 28.1 Å². The van der Waals surface area contributed by atoms with E-state index < -0.39 is 0 Å². The summed E-state index contributed by atoms with van der Waals surface area (Å²) in [6.45, 7) is 0. The van der Waals surface area contributed by atoms with Crippen LogP contribution in [0.15, 0.2) is 53.1 Å². The lowest BCUT2D eigenvalue weighted by molar-refractivity contribution is 0.0737. The molecule has 1 aliphatic rings. The van der Waals surface area contributed by atoms with Gasteiger partial charge >= 0.3 is 0 Å². The second-order valence-electron chi connectivity index (χ2n) is 5.70. The summed E-state index contributed by atoms with van der Waals surface area (Å²) in [7, 11) is 1.74. The first-order chi connectivity index (χ1) is 12.0. The zero-order chi connectivity index (χ0) is 17.6. The Morgan fingerprint density at radius 3 is 2.84 bits per heavy atom. The molecule has 3 aromatic rings. The van der Waals surface area contributed by atoms with Gasteiger partial charge in [-0.05, 0) is 30.3 Å². The zero-order valence-electron chi connectivity index (χ0n) is 13.2. The van der Waals surface area contributed by atoms with Crippen LogP contribution in [0, 0.1) is 5.82 Å². The molecule has 4 nitrogen and oxygen atoms in total. The Morgan fingerprint density at radius 2 is 2.04 bits per heavy atom.